The van der Waals surface area contributed by atoms with Crippen LogP contribution in [0.3, 0.4) is 0 Å². The molecule has 0 spiro atoms. The minimum atomic E-state index is -1.49. The summed E-state index contributed by atoms with van der Waals surface area (Å²) in [6.07, 6.45) is 2.18. The fourth-order valence-electron chi connectivity index (χ4n) is 1.07. The van der Waals surface area contributed by atoms with Crippen LogP contribution in [-0.4, -0.2) is 14.4 Å². The quantitative estimate of drug-likeness (QED) is 0.521. The summed E-state index contributed by atoms with van der Waals surface area (Å²) in [5.74, 6) is 6.49. The Kier molecular flexibility index (Phi) is 5.62. The highest BCUT2D eigenvalue weighted by molar-refractivity contribution is 6.69. The smallest absolute Gasteiger partial charge is 0.185 e. The summed E-state index contributed by atoms with van der Waals surface area (Å²) in [5.41, 5.74) is 0.112. The average molecular weight is 226 g/mol. The average Bonchev–Trinajstić information content (AvgIpc) is 1.99. The zero-order valence-corrected chi connectivity index (χ0v) is 12.4. The second-order valence-electron chi connectivity index (χ2n) is 6.05. The minimum Gasteiger partial charge on any atom is -0.404 e. The molecule has 0 amide bonds. The summed E-state index contributed by atoms with van der Waals surface area (Å²) in [6, 6.07) is 0. The molecule has 0 aliphatic heterocycles. The van der Waals surface area contributed by atoms with Crippen molar-refractivity contribution >= 4 is 8.32 Å². The highest BCUT2D eigenvalue weighted by Crippen LogP contribution is 2.24. The maximum atomic E-state index is 6.11. The third kappa shape index (κ3) is 7.64. The molecule has 0 heterocycles. The molecule has 0 saturated heterocycles. The lowest BCUT2D eigenvalue weighted by Crippen LogP contribution is -2.38. The normalized spacial score (nSPS) is 14.3. The van der Waals surface area contributed by atoms with Gasteiger partial charge in [-0.25, -0.2) is 0 Å². The summed E-state index contributed by atoms with van der Waals surface area (Å²) < 4.78 is 6.11. The van der Waals surface area contributed by atoms with E-state index in [1.54, 1.807) is 0 Å². The highest BCUT2D eigenvalue weighted by atomic mass is 28.4. The van der Waals surface area contributed by atoms with Crippen molar-refractivity contribution in [2.75, 3.05) is 0 Å². The Morgan fingerprint density at radius 3 is 2.07 bits per heavy atom. The van der Waals surface area contributed by atoms with Gasteiger partial charge in [0.1, 0.15) is 6.10 Å². The summed E-state index contributed by atoms with van der Waals surface area (Å²) in [5, 5.41) is 0. The van der Waals surface area contributed by atoms with Crippen LogP contribution in [0.15, 0.2) is 0 Å². The Balaban J connectivity index is 4.56. The van der Waals surface area contributed by atoms with E-state index < -0.39 is 8.32 Å². The Morgan fingerprint density at radius 2 is 1.73 bits per heavy atom. The predicted octanol–water partition coefficient (Wildman–Crippen LogP) is 4.06. The largest absolute Gasteiger partial charge is 0.404 e. The third-order valence-electron chi connectivity index (χ3n) is 1.87. The number of hydrogen-bond acceptors (Lipinski definition) is 1. The van der Waals surface area contributed by atoms with Crippen molar-refractivity contribution in [1.82, 2.24) is 0 Å². The first-order valence-corrected chi connectivity index (χ1v) is 9.24. The van der Waals surface area contributed by atoms with E-state index in [-0.39, 0.29) is 11.5 Å². The maximum Gasteiger partial charge on any atom is 0.185 e. The molecule has 0 rings (SSSR count). The van der Waals surface area contributed by atoms with Crippen LogP contribution in [0.4, 0.5) is 0 Å². The predicted molar refractivity (Wildman–Crippen MR) is 70.4 cm³/mol. The number of rotatable bonds is 3. The van der Waals surface area contributed by atoms with Crippen molar-refractivity contribution in [3.8, 4) is 11.8 Å². The minimum absolute atomic E-state index is 0.0794. The fraction of sp³-hybridized carbons (Fsp3) is 0.846. The van der Waals surface area contributed by atoms with E-state index in [1.165, 1.54) is 0 Å². The van der Waals surface area contributed by atoms with E-state index in [2.05, 4.69) is 59.2 Å². The molecule has 0 aliphatic carbocycles. The summed E-state index contributed by atoms with van der Waals surface area (Å²) in [7, 11) is -1.49. The summed E-state index contributed by atoms with van der Waals surface area (Å²) in [4.78, 5) is 0. The van der Waals surface area contributed by atoms with Gasteiger partial charge in [0, 0.05) is 6.42 Å². The van der Waals surface area contributed by atoms with Gasteiger partial charge in [0.2, 0.25) is 0 Å². The van der Waals surface area contributed by atoms with Crippen molar-refractivity contribution in [2.24, 2.45) is 5.41 Å². The zero-order chi connectivity index (χ0) is 12.1. The molecule has 0 fully saturated rings. The molecule has 0 bridgehead atoms. The molecule has 0 saturated carbocycles. The van der Waals surface area contributed by atoms with Crippen LogP contribution in [0.2, 0.25) is 19.6 Å². The molecule has 0 aliphatic rings. The van der Waals surface area contributed by atoms with Crippen LogP contribution in [-0.2, 0) is 4.43 Å². The van der Waals surface area contributed by atoms with Crippen LogP contribution >= 0.6 is 0 Å². The van der Waals surface area contributed by atoms with Crippen LogP contribution < -0.4 is 0 Å². The maximum absolute atomic E-state index is 6.11. The van der Waals surface area contributed by atoms with Crippen LogP contribution in [0.25, 0.3) is 0 Å². The van der Waals surface area contributed by atoms with E-state index in [0.717, 1.165) is 12.8 Å². The van der Waals surface area contributed by atoms with Gasteiger partial charge in [-0.1, -0.05) is 33.6 Å². The molecular weight excluding hydrogens is 200 g/mol. The van der Waals surface area contributed by atoms with Gasteiger partial charge in [-0.15, -0.1) is 5.92 Å². The van der Waals surface area contributed by atoms with Gasteiger partial charge >= 0.3 is 0 Å². The van der Waals surface area contributed by atoms with Crippen LogP contribution in [0, 0.1) is 17.3 Å². The van der Waals surface area contributed by atoms with Crippen molar-refractivity contribution in [3.63, 3.8) is 0 Å². The summed E-state index contributed by atoms with van der Waals surface area (Å²) >= 11 is 0. The van der Waals surface area contributed by atoms with E-state index in [9.17, 15) is 0 Å². The number of hydrogen-bond donors (Lipinski definition) is 0. The molecule has 2 heteroatoms. The molecule has 1 atom stereocenters. The molecule has 0 radical (unpaired) electrons. The molecule has 88 valence electrons. The zero-order valence-electron chi connectivity index (χ0n) is 11.4. The Labute approximate surface area is 96.7 Å². The molecule has 0 aromatic carbocycles. The van der Waals surface area contributed by atoms with E-state index in [1.807, 2.05) is 0 Å². The van der Waals surface area contributed by atoms with Crippen molar-refractivity contribution in [1.29, 1.82) is 0 Å². The van der Waals surface area contributed by atoms with E-state index in [0.29, 0.717) is 0 Å². The van der Waals surface area contributed by atoms with Crippen molar-refractivity contribution in [3.05, 3.63) is 0 Å². The lowest BCUT2D eigenvalue weighted by molar-refractivity contribution is 0.130. The third-order valence-corrected chi connectivity index (χ3v) is 2.81. The Morgan fingerprint density at radius 1 is 1.20 bits per heavy atom. The van der Waals surface area contributed by atoms with Gasteiger partial charge in [0.25, 0.3) is 0 Å². The van der Waals surface area contributed by atoms with Gasteiger partial charge in [-0.3, -0.25) is 0 Å². The first-order valence-electron chi connectivity index (χ1n) is 5.83. The fourth-order valence-corrected chi connectivity index (χ4v) is 2.19. The van der Waals surface area contributed by atoms with Gasteiger partial charge in [-0.2, -0.15) is 0 Å². The standard InChI is InChI=1S/C13H26OSi/c1-8-9-10-11-12(13(2,3)4)14-15(5,6)7/h12H,8-9H2,1-7H3. The molecule has 0 N–H and O–H groups in total. The first-order chi connectivity index (χ1) is 6.67. The molecule has 0 aromatic rings. The second-order valence-corrected chi connectivity index (χ2v) is 10.5. The molecule has 0 aromatic heterocycles. The van der Waals surface area contributed by atoms with Crippen LogP contribution in [0.1, 0.15) is 40.5 Å². The first kappa shape index (κ1) is 14.7. The van der Waals surface area contributed by atoms with Gasteiger partial charge in [-0.05, 0) is 31.5 Å². The molecule has 1 nitrogen and oxygen atoms in total. The Hall–Kier alpha value is -0.263. The van der Waals surface area contributed by atoms with E-state index >= 15 is 0 Å². The van der Waals surface area contributed by atoms with Crippen LogP contribution in [0.5, 0.6) is 0 Å². The van der Waals surface area contributed by atoms with Gasteiger partial charge in [0.15, 0.2) is 8.32 Å². The number of unbranched alkanes of at least 4 members (excludes halogenated alkanes) is 1. The topological polar surface area (TPSA) is 9.23 Å². The van der Waals surface area contributed by atoms with Crippen molar-refractivity contribution in [2.45, 2.75) is 66.3 Å². The summed E-state index contributed by atoms with van der Waals surface area (Å²) in [6.45, 7) is 15.4. The highest BCUT2D eigenvalue weighted by Gasteiger charge is 2.28. The van der Waals surface area contributed by atoms with Gasteiger partial charge < -0.3 is 4.43 Å². The molecule has 1 unspecified atom stereocenters. The lowest BCUT2D eigenvalue weighted by Gasteiger charge is -2.32. The Bertz CT molecular complexity index is 234. The molecule has 15 heavy (non-hydrogen) atoms. The van der Waals surface area contributed by atoms with Gasteiger partial charge in [0.05, 0.1) is 0 Å². The molecular formula is C13H26OSi. The monoisotopic (exact) mass is 226 g/mol. The van der Waals surface area contributed by atoms with E-state index in [4.69, 9.17) is 4.43 Å². The SMILES string of the molecule is CCCC#CC(O[Si](C)(C)C)C(C)(C)C. The second kappa shape index (κ2) is 5.72. The van der Waals surface area contributed by atoms with Crippen molar-refractivity contribution < 1.29 is 4.43 Å². The lowest BCUT2D eigenvalue weighted by atomic mass is 9.89.